The molecule has 0 aliphatic heterocycles. The zero-order valence-corrected chi connectivity index (χ0v) is 34.4. The molecule has 0 bridgehead atoms. The second-order valence-electron chi connectivity index (χ2n) is 14.2. The van der Waals surface area contributed by atoms with Crippen molar-refractivity contribution in [1.82, 2.24) is 0 Å². The van der Waals surface area contributed by atoms with Gasteiger partial charge in [0.05, 0.1) is 0 Å². The average Bonchev–Trinajstić information content (AvgIpc) is 1.97. The quantitative estimate of drug-likeness (QED) is 0.250. The van der Waals surface area contributed by atoms with Crippen LogP contribution in [0.15, 0.2) is 0 Å². The van der Waals surface area contributed by atoms with E-state index in [1.54, 1.807) is 0 Å². The summed E-state index contributed by atoms with van der Waals surface area (Å²) in [6.45, 7) is 47.0. The molecular formula is C18H58PbSi8. The smallest absolute Gasteiger partial charge is 0.0306 e. The predicted molar refractivity (Wildman–Crippen MR) is 162 cm³/mol. The zero-order valence-electron chi connectivity index (χ0n) is 22.5. The van der Waals surface area contributed by atoms with Crippen molar-refractivity contribution >= 4 is 87.5 Å². The molecule has 0 aromatic rings. The Kier molecular flexibility index (Phi) is 14.0. The van der Waals surface area contributed by atoms with Crippen LogP contribution in [0.25, 0.3) is 0 Å². The molecule has 27 heavy (non-hydrogen) atoms. The van der Waals surface area contributed by atoms with Gasteiger partial charge in [0.2, 0.25) is 0 Å². The summed E-state index contributed by atoms with van der Waals surface area (Å²) in [5.74, 6) is 0. The van der Waals surface area contributed by atoms with Crippen LogP contribution in [-0.4, -0.2) is 87.5 Å². The third-order valence-electron chi connectivity index (χ3n) is 4.50. The van der Waals surface area contributed by atoms with Crippen molar-refractivity contribution in [3.8, 4) is 0 Å². The topological polar surface area (TPSA) is 0 Å². The molecule has 9 heteroatoms. The van der Waals surface area contributed by atoms with E-state index in [0.717, 1.165) is 0 Å². The monoisotopic (exact) mass is 706 g/mol. The van der Waals surface area contributed by atoms with Gasteiger partial charge in [-0.1, -0.05) is 118 Å². The molecule has 0 saturated carbocycles. The van der Waals surface area contributed by atoms with Crippen LogP contribution in [0.2, 0.25) is 118 Å². The van der Waals surface area contributed by atoms with Gasteiger partial charge in [0.15, 0.2) is 0 Å². The summed E-state index contributed by atoms with van der Waals surface area (Å²) in [5, 5.41) is 0. The van der Waals surface area contributed by atoms with Gasteiger partial charge < -0.3 is 0 Å². The van der Waals surface area contributed by atoms with E-state index in [9.17, 15) is 0 Å². The molecule has 0 atom stereocenters. The van der Waals surface area contributed by atoms with Crippen molar-refractivity contribution < 1.29 is 2.85 Å². The summed E-state index contributed by atoms with van der Waals surface area (Å²) in [6, 6.07) is 0. The van der Waals surface area contributed by atoms with Gasteiger partial charge in [0.25, 0.3) is 0 Å². The maximum Gasteiger partial charge on any atom is 0.0306 e. The third kappa shape index (κ3) is 13.6. The first kappa shape index (κ1) is 34.3. The fourth-order valence-electron chi connectivity index (χ4n) is 6.75. The van der Waals surface area contributed by atoms with Crippen LogP contribution in [0.3, 0.4) is 0 Å². The first-order valence-electron chi connectivity index (χ1n) is 10.5. The van der Waals surface area contributed by atoms with E-state index in [1.807, 2.05) is 0 Å². The fraction of sp³-hybridized carbons (Fsp3) is 1.00. The maximum absolute atomic E-state index is 2.61. The molecule has 0 heterocycles. The number of hydrogen-bond acceptors (Lipinski definition) is 0. The van der Waals surface area contributed by atoms with E-state index in [4.69, 9.17) is 0 Å². The molecule has 0 saturated heterocycles. The third-order valence-corrected chi connectivity index (χ3v) is 122. The average molecular weight is 707 g/mol. The SMILES string of the molecule is C[Si](C)(C)[Si]([Si](C)(C)C)[Si](C)(C)C.C[Si](C)(C)[Si]([Si](C)(C)C)[Si](C)(C)C.[HH].[HH].[Pb]. The Bertz CT molecular complexity index is 327. The minimum Gasteiger partial charge on any atom is -0.0721 e. The van der Waals surface area contributed by atoms with Crippen molar-refractivity contribution in [1.29, 1.82) is 0 Å². The molecule has 0 unspecified atom stereocenters. The van der Waals surface area contributed by atoms with Crippen molar-refractivity contribution in [2.75, 3.05) is 0 Å². The first-order valence-corrected chi connectivity index (χ1v) is 40.5. The molecule has 0 aromatic carbocycles. The van der Waals surface area contributed by atoms with Gasteiger partial charge in [-0.2, -0.15) is 0 Å². The molecule has 0 spiro atoms. The van der Waals surface area contributed by atoms with Gasteiger partial charge in [-0.05, 0) is 0 Å². The van der Waals surface area contributed by atoms with Gasteiger partial charge in [-0.25, -0.2) is 0 Å². The largest absolute Gasteiger partial charge is 0.0721 e. The van der Waals surface area contributed by atoms with E-state index in [2.05, 4.69) is 118 Å². The molecule has 0 nitrogen and oxygen atoms in total. The molecule has 166 valence electrons. The van der Waals surface area contributed by atoms with Crippen LogP contribution < -0.4 is 0 Å². The molecule has 0 amide bonds. The van der Waals surface area contributed by atoms with Gasteiger partial charge in [-0.3, -0.25) is 0 Å². The predicted octanol–water partition coefficient (Wildman–Crippen LogP) is 7.57. The normalized spacial score (nSPS) is 14.7. The van der Waals surface area contributed by atoms with Crippen LogP contribution in [-0.2, 0) is 0 Å². The van der Waals surface area contributed by atoms with Crippen LogP contribution in [0.1, 0.15) is 2.85 Å². The summed E-state index contributed by atoms with van der Waals surface area (Å²) in [6.07, 6.45) is 0. The summed E-state index contributed by atoms with van der Waals surface area (Å²) >= 11 is 0. The molecular weight excluding hydrogens is 648 g/mol. The first-order chi connectivity index (χ1) is 10.7. The molecule has 0 aliphatic carbocycles. The van der Waals surface area contributed by atoms with E-state index in [0.29, 0.717) is 0 Å². The van der Waals surface area contributed by atoms with Gasteiger partial charge in [0, 0.05) is 90.4 Å². The van der Waals surface area contributed by atoms with Gasteiger partial charge in [-0.15, -0.1) is 0 Å². The maximum atomic E-state index is 2.61. The molecule has 0 fully saturated rings. The Labute approximate surface area is 206 Å². The Morgan fingerprint density at radius 1 is 0.296 bits per heavy atom. The van der Waals surface area contributed by atoms with E-state index < -0.39 is 45.5 Å². The summed E-state index contributed by atoms with van der Waals surface area (Å²) in [5.41, 5.74) is 0. The van der Waals surface area contributed by atoms with Crippen LogP contribution in [0.4, 0.5) is 0 Å². The minimum absolute atomic E-state index is 0. The Hall–Kier alpha value is 2.66. The van der Waals surface area contributed by atoms with Gasteiger partial charge in [0.1, 0.15) is 0 Å². The second-order valence-corrected chi connectivity index (χ2v) is 87.8. The number of rotatable bonds is 6. The fourth-order valence-corrected chi connectivity index (χ4v) is 182. The van der Waals surface area contributed by atoms with Crippen LogP contribution in [0, 0.1) is 0 Å². The van der Waals surface area contributed by atoms with Crippen LogP contribution in [0.5, 0.6) is 0 Å². The molecule has 6 radical (unpaired) electrons. The van der Waals surface area contributed by atoms with Crippen molar-refractivity contribution in [3.05, 3.63) is 0 Å². The van der Waals surface area contributed by atoms with E-state index in [1.165, 1.54) is 0 Å². The van der Waals surface area contributed by atoms with Crippen molar-refractivity contribution in [3.63, 3.8) is 0 Å². The molecule has 0 rings (SSSR count). The van der Waals surface area contributed by atoms with Crippen LogP contribution >= 0.6 is 0 Å². The van der Waals surface area contributed by atoms with Crippen molar-refractivity contribution in [2.24, 2.45) is 0 Å². The van der Waals surface area contributed by atoms with E-state index in [-0.39, 0.29) is 44.9 Å². The second kappa shape index (κ2) is 11.0. The molecule has 0 N–H and O–H groups in total. The Balaban J connectivity index is -0.000000120. The summed E-state index contributed by atoms with van der Waals surface area (Å²) in [7, 11) is -4.94. The summed E-state index contributed by atoms with van der Waals surface area (Å²) < 4.78 is 0. The van der Waals surface area contributed by atoms with E-state index >= 15 is 0 Å². The number of hydrogen-bond donors (Lipinski definition) is 0. The Morgan fingerprint density at radius 2 is 0.370 bits per heavy atom. The molecule has 0 aliphatic rings. The minimum atomic E-state index is -0.832. The van der Waals surface area contributed by atoms with Gasteiger partial charge >= 0.3 is 0 Å². The summed E-state index contributed by atoms with van der Waals surface area (Å²) in [4.78, 5) is 0. The zero-order chi connectivity index (χ0) is 22.2. The molecule has 0 aromatic heterocycles. The standard InChI is InChI=1S/2C9H27Si4.Pb.2H2/c2*1-11(2,3)10(12(4,5)6)13(7,8)9;;;/h2*1-9H3;;2*1H. The Morgan fingerprint density at radius 3 is 0.370 bits per heavy atom. The van der Waals surface area contributed by atoms with Crippen molar-refractivity contribution in [2.45, 2.75) is 118 Å².